The lowest BCUT2D eigenvalue weighted by Gasteiger charge is -2.36. The highest BCUT2D eigenvalue weighted by Gasteiger charge is 2.44. The van der Waals surface area contributed by atoms with Gasteiger partial charge in [0.05, 0.1) is 0 Å². The molecule has 0 radical (unpaired) electrons. The van der Waals surface area contributed by atoms with Crippen molar-refractivity contribution in [3.8, 4) is 0 Å². The van der Waals surface area contributed by atoms with Crippen LogP contribution in [0.25, 0.3) is 0 Å². The summed E-state index contributed by atoms with van der Waals surface area (Å²) in [5.74, 6) is -0.772. The fourth-order valence-electron chi connectivity index (χ4n) is 3.80. The number of amides is 1. The number of carbonyl (C=O) groups is 2. The Bertz CT molecular complexity index is 341. The Kier molecular flexibility index (Phi) is 4.48. The predicted molar refractivity (Wildman–Crippen MR) is 72.8 cm³/mol. The highest BCUT2D eigenvalue weighted by Crippen LogP contribution is 2.43. The van der Waals surface area contributed by atoms with E-state index in [2.05, 4.69) is 6.92 Å². The number of carbonyl (C=O) groups excluding carboxylic acids is 1. The Balaban J connectivity index is 2.16. The van der Waals surface area contributed by atoms with E-state index in [1.54, 1.807) is 4.90 Å². The van der Waals surface area contributed by atoms with Crippen LogP contribution in [-0.4, -0.2) is 34.5 Å². The van der Waals surface area contributed by atoms with E-state index in [0.717, 1.165) is 57.8 Å². The second-order valence-electron chi connectivity index (χ2n) is 6.11. The molecule has 2 aliphatic rings. The van der Waals surface area contributed by atoms with Gasteiger partial charge in [-0.2, -0.15) is 0 Å². The predicted octanol–water partition coefficient (Wildman–Crippen LogP) is 2.81. The first kappa shape index (κ1) is 14.4. The third-order valence-electron chi connectivity index (χ3n) is 5.02. The highest BCUT2D eigenvalue weighted by atomic mass is 16.4. The summed E-state index contributed by atoms with van der Waals surface area (Å²) in [4.78, 5) is 25.7. The molecule has 1 amide bonds. The molecule has 0 saturated heterocycles. The van der Waals surface area contributed by atoms with E-state index < -0.39 is 5.97 Å². The summed E-state index contributed by atoms with van der Waals surface area (Å²) in [5, 5.41) is 9.10. The summed E-state index contributed by atoms with van der Waals surface area (Å²) in [5.41, 5.74) is -0.266. The SMILES string of the molecule is CCC1(C(=O)N(CC(=O)O)C2CCCC2)CCCC1. The smallest absolute Gasteiger partial charge is 0.323 e. The minimum atomic E-state index is -0.885. The molecule has 1 N–H and O–H groups in total. The fourth-order valence-corrected chi connectivity index (χ4v) is 3.80. The van der Waals surface area contributed by atoms with Gasteiger partial charge in [0.1, 0.15) is 6.54 Å². The van der Waals surface area contributed by atoms with Gasteiger partial charge in [0.25, 0.3) is 0 Å². The molecule has 0 bridgehead atoms. The number of rotatable bonds is 5. The number of nitrogens with zero attached hydrogens (tertiary/aromatic N) is 1. The summed E-state index contributed by atoms with van der Waals surface area (Å²) >= 11 is 0. The van der Waals surface area contributed by atoms with Crippen molar-refractivity contribution >= 4 is 11.9 Å². The van der Waals surface area contributed by atoms with Crippen LogP contribution in [0.4, 0.5) is 0 Å². The molecule has 0 atom stereocenters. The molecule has 0 aromatic carbocycles. The Morgan fingerprint density at radius 3 is 2.21 bits per heavy atom. The first-order chi connectivity index (χ1) is 9.09. The monoisotopic (exact) mass is 267 g/mol. The van der Waals surface area contributed by atoms with Gasteiger partial charge in [-0.1, -0.05) is 32.6 Å². The fraction of sp³-hybridized carbons (Fsp3) is 0.867. The Morgan fingerprint density at radius 1 is 1.16 bits per heavy atom. The van der Waals surface area contributed by atoms with E-state index in [1.807, 2.05) is 0 Å². The van der Waals surface area contributed by atoms with E-state index in [4.69, 9.17) is 5.11 Å². The maximum atomic E-state index is 12.9. The average Bonchev–Trinajstić information content (AvgIpc) is 3.06. The maximum Gasteiger partial charge on any atom is 0.323 e. The zero-order valence-corrected chi connectivity index (χ0v) is 11.9. The lowest BCUT2D eigenvalue weighted by Crippen LogP contribution is -2.49. The van der Waals surface area contributed by atoms with Crippen LogP contribution < -0.4 is 0 Å². The van der Waals surface area contributed by atoms with Gasteiger partial charge in [-0.05, 0) is 32.1 Å². The Morgan fingerprint density at radius 2 is 1.74 bits per heavy atom. The molecule has 2 aliphatic carbocycles. The van der Waals surface area contributed by atoms with Gasteiger partial charge in [-0.3, -0.25) is 9.59 Å². The van der Waals surface area contributed by atoms with Crippen LogP contribution in [0.3, 0.4) is 0 Å². The average molecular weight is 267 g/mol. The van der Waals surface area contributed by atoms with Crippen LogP contribution in [0.5, 0.6) is 0 Å². The molecule has 2 fully saturated rings. The molecule has 4 nitrogen and oxygen atoms in total. The standard InChI is InChI=1S/C15H25NO3/c1-2-15(9-5-6-10-15)14(19)16(11-13(17)18)12-7-3-4-8-12/h12H,2-11H2,1H3,(H,17,18). The van der Waals surface area contributed by atoms with E-state index in [9.17, 15) is 9.59 Å². The van der Waals surface area contributed by atoms with Crippen molar-refractivity contribution in [3.05, 3.63) is 0 Å². The molecule has 2 saturated carbocycles. The number of hydrogen-bond donors (Lipinski definition) is 1. The van der Waals surface area contributed by atoms with Crippen molar-refractivity contribution in [1.29, 1.82) is 0 Å². The normalized spacial score (nSPS) is 22.6. The van der Waals surface area contributed by atoms with E-state index >= 15 is 0 Å². The summed E-state index contributed by atoms with van der Waals surface area (Å²) in [6.45, 7) is 1.95. The number of carboxylic acid groups (broad SMARTS) is 1. The van der Waals surface area contributed by atoms with Gasteiger partial charge in [0.2, 0.25) is 5.91 Å². The van der Waals surface area contributed by atoms with Crippen molar-refractivity contribution < 1.29 is 14.7 Å². The quantitative estimate of drug-likeness (QED) is 0.833. The lowest BCUT2D eigenvalue weighted by atomic mass is 9.81. The van der Waals surface area contributed by atoms with Crippen LogP contribution in [0.2, 0.25) is 0 Å². The highest BCUT2D eigenvalue weighted by molar-refractivity contribution is 5.86. The zero-order valence-electron chi connectivity index (χ0n) is 11.9. The molecule has 19 heavy (non-hydrogen) atoms. The topological polar surface area (TPSA) is 57.6 Å². The lowest BCUT2D eigenvalue weighted by molar-refractivity contribution is -0.152. The van der Waals surface area contributed by atoms with Gasteiger partial charge >= 0.3 is 5.97 Å². The van der Waals surface area contributed by atoms with Crippen LogP contribution in [-0.2, 0) is 9.59 Å². The van der Waals surface area contributed by atoms with Gasteiger partial charge < -0.3 is 10.0 Å². The molecule has 0 unspecified atom stereocenters. The van der Waals surface area contributed by atoms with E-state index in [-0.39, 0.29) is 23.9 Å². The van der Waals surface area contributed by atoms with Crippen molar-refractivity contribution in [2.45, 2.75) is 70.8 Å². The maximum absolute atomic E-state index is 12.9. The van der Waals surface area contributed by atoms with Gasteiger partial charge in [-0.25, -0.2) is 0 Å². The molecule has 108 valence electrons. The minimum absolute atomic E-state index is 0.113. The van der Waals surface area contributed by atoms with Crippen LogP contribution >= 0.6 is 0 Å². The summed E-state index contributed by atoms with van der Waals surface area (Å²) in [6.07, 6.45) is 9.10. The summed E-state index contributed by atoms with van der Waals surface area (Å²) in [7, 11) is 0. The number of aliphatic carboxylic acids is 1. The van der Waals surface area contributed by atoms with Crippen molar-refractivity contribution in [3.63, 3.8) is 0 Å². The first-order valence-corrected chi connectivity index (χ1v) is 7.62. The van der Waals surface area contributed by atoms with Gasteiger partial charge in [0.15, 0.2) is 0 Å². The van der Waals surface area contributed by atoms with Gasteiger partial charge in [-0.15, -0.1) is 0 Å². The molecule has 0 aromatic heterocycles. The van der Waals surface area contributed by atoms with E-state index in [0.29, 0.717) is 0 Å². The number of carboxylic acids is 1. The van der Waals surface area contributed by atoms with E-state index in [1.165, 1.54) is 0 Å². The molecular formula is C15H25NO3. The minimum Gasteiger partial charge on any atom is -0.480 e. The number of hydrogen-bond acceptors (Lipinski definition) is 2. The third-order valence-corrected chi connectivity index (χ3v) is 5.02. The third kappa shape index (κ3) is 2.93. The Labute approximate surface area is 115 Å². The van der Waals surface area contributed by atoms with Crippen molar-refractivity contribution in [2.75, 3.05) is 6.54 Å². The molecule has 4 heteroatoms. The summed E-state index contributed by atoms with van der Waals surface area (Å²) < 4.78 is 0. The molecule has 0 aromatic rings. The van der Waals surface area contributed by atoms with Crippen LogP contribution in [0.15, 0.2) is 0 Å². The zero-order chi connectivity index (χ0) is 13.9. The molecular weight excluding hydrogens is 242 g/mol. The molecule has 0 aliphatic heterocycles. The molecule has 2 rings (SSSR count). The summed E-state index contributed by atoms with van der Waals surface area (Å²) in [6, 6.07) is 0.160. The second-order valence-corrected chi connectivity index (χ2v) is 6.11. The second kappa shape index (κ2) is 5.93. The van der Waals surface area contributed by atoms with Crippen molar-refractivity contribution in [2.24, 2.45) is 5.41 Å². The largest absolute Gasteiger partial charge is 0.480 e. The van der Waals surface area contributed by atoms with Crippen LogP contribution in [0.1, 0.15) is 64.7 Å². The van der Waals surface area contributed by atoms with Gasteiger partial charge in [0, 0.05) is 11.5 Å². The first-order valence-electron chi connectivity index (χ1n) is 7.62. The molecule has 0 heterocycles. The molecule has 0 spiro atoms. The van der Waals surface area contributed by atoms with Crippen LogP contribution in [0, 0.1) is 5.41 Å². The van der Waals surface area contributed by atoms with Crippen molar-refractivity contribution in [1.82, 2.24) is 4.90 Å². The Hall–Kier alpha value is -1.06.